The van der Waals surface area contributed by atoms with Crippen molar-refractivity contribution in [2.24, 2.45) is 7.05 Å². The molecule has 0 saturated heterocycles. The molecule has 1 aromatic carbocycles. The molecular weight excluding hydrogens is 284 g/mol. The molecule has 0 aliphatic heterocycles. The second kappa shape index (κ2) is 7.70. The van der Waals surface area contributed by atoms with Crippen LogP contribution in [0.2, 0.25) is 0 Å². The SMILES string of the molecule is Cn1ccnc1CN(CCc1ccccc1)Cc1cccnc1. The molecule has 0 aliphatic carbocycles. The van der Waals surface area contributed by atoms with E-state index in [-0.39, 0.29) is 0 Å². The highest BCUT2D eigenvalue weighted by Crippen LogP contribution is 2.10. The van der Waals surface area contributed by atoms with Crippen molar-refractivity contribution in [1.29, 1.82) is 0 Å². The first-order valence-corrected chi connectivity index (χ1v) is 7.92. The molecule has 0 N–H and O–H groups in total. The van der Waals surface area contributed by atoms with Crippen LogP contribution < -0.4 is 0 Å². The molecule has 0 unspecified atom stereocenters. The molecule has 0 fully saturated rings. The molecule has 0 spiro atoms. The largest absolute Gasteiger partial charge is 0.337 e. The third-order valence-electron chi connectivity index (χ3n) is 3.97. The number of benzene rings is 1. The van der Waals surface area contributed by atoms with Crippen LogP contribution in [0, 0.1) is 0 Å². The quantitative estimate of drug-likeness (QED) is 0.673. The predicted molar refractivity (Wildman–Crippen MR) is 91.7 cm³/mol. The van der Waals surface area contributed by atoms with Crippen molar-refractivity contribution in [3.8, 4) is 0 Å². The second-order valence-electron chi connectivity index (χ2n) is 5.76. The van der Waals surface area contributed by atoms with Gasteiger partial charge in [-0.15, -0.1) is 0 Å². The van der Waals surface area contributed by atoms with Crippen LogP contribution in [0.3, 0.4) is 0 Å². The molecule has 3 aromatic rings. The molecule has 4 nitrogen and oxygen atoms in total. The van der Waals surface area contributed by atoms with Gasteiger partial charge in [-0.3, -0.25) is 9.88 Å². The maximum Gasteiger partial charge on any atom is 0.122 e. The zero-order valence-electron chi connectivity index (χ0n) is 13.5. The molecule has 0 aliphatic rings. The highest BCUT2D eigenvalue weighted by molar-refractivity contribution is 5.15. The molecule has 2 aromatic heterocycles. The predicted octanol–water partition coefficient (Wildman–Crippen LogP) is 3.06. The summed E-state index contributed by atoms with van der Waals surface area (Å²) in [6, 6.07) is 14.7. The number of pyridine rings is 1. The van der Waals surface area contributed by atoms with Gasteiger partial charge >= 0.3 is 0 Å². The summed E-state index contributed by atoms with van der Waals surface area (Å²) in [7, 11) is 2.04. The van der Waals surface area contributed by atoms with Crippen molar-refractivity contribution in [3.63, 3.8) is 0 Å². The van der Waals surface area contributed by atoms with Gasteiger partial charge in [0, 0.05) is 44.9 Å². The number of rotatable bonds is 7. The Morgan fingerprint density at radius 2 is 1.78 bits per heavy atom. The van der Waals surface area contributed by atoms with Crippen LogP contribution in [0.15, 0.2) is 67.3 Å². The van der Waals surface area contributed by atoms with Gasteiger partial charge < -0.3 is 4.57 Å². The molecule has 4 heteroatoms. The second-order valence-corrected chi connectivity index (χ2v) is 5.76. The van der Waals surface area contributed by atoms with E-state index in [1.807, 2.05) is 37.9 Å². The zero-order valence-corrected chi connectivity index (χ0v) is 13.5. The van der Waals surface area contributed by atoms with E-state index in [1.165, 1.54) is 11.1 Å². The molecule has 118 valence electrons. The Morgan fingerprint density at radius 1 is 0.957 bits per heavy atom. The molecule has 0 radical (unpaired) electrons. The van der Waals surface area contributed by atoms with Gasteiger partial charge in [0.25, 0.3) is 0 Å². The molecule has 23 heavy (non-hydrogen) atoms. The lowest BCUT2D eigenvalue weighted by Gasteiger charge is -2.22. The van der Waals surface area contributed by atoms with Crippen LogP contribution in [-0.2, 0) is 26.6 Å². The van der Waals surface area contributed by atoms with Crippen molar-refractivity contribution in [1.82, 2.24) is 19.4 Å². The van der Waals surface area contributed by atoms with E-state index in [2.05, 4.69) is 55.8 Å². The standard InChI is InChI=1S/C19H22N4/c1-22-13-11-21-19(22)16-23(15-18-8-5-10-20-14-18)12-9-17-6-3-2-4-7-17/h2-8,10-11,13-14H,9,12,15-16H2,1H3. The highest BCUT2D eigenvalue weighted by atomic mass is 15.2. The van der Waals surface area contributed by atoms with E-state index < -0.39 is 0 Å². The first-order chi connectivity index (χ1) is 11.3. The molecule has 3 rings (SSSR count). The Hall–Kier alpha value is -2.46. The number of nitrogens with zero attached hydrogens (tertiary/aromatic N) is 4. The smallest absolute Gasteiger partial charge is 0.122 e. The lowest BCUT2D eigenvalue weighted by molar-refractivity contribution is 0.250. The Morgan fingerprint density at radius 3 is 2.48 bits per heavy atom. The van der Waals surface area contributed by atoms with E-state index in [4.69, 9.17) is 0 Å². The third kappa shape index (κ3) is 4.50. The minimum Gasteiger partial charge on any atom is -0.337 e. The van der Waals surface area contributed by atoms with E-state index >= 15 is 0 Å². The minimum absolute atomic E-state index is 0.839. The summed E-state index contributed by atoms with van der Waals surface area (Å²) in [4.78, 5) is 11.1. The number of imidazole rings is 1. The van der Waals surface area contributed by atoms with Crippen LogP contribution in [0.25, 0.3) is 0 Å². The van der Waals surface area contributed by atoms with Gasteiger partial charge in [-0.25, -0.2) is 4.98 Å². The summed E-state index contributed by atoms with van der Waals surface area (Å²) in [6.07, 6.45) is 8.64. The van der Waals surface area contributed by atoms with Crippen LogP contribution in [0.5, 0.6) is 0 Å². The van der Waals surface area contributed by atoms with Crippen LogP contribution in [-0.4, -0.2) is 26.0 Å². The van der Waals surface area contributed by atoms with E-state index in [0.29, 0.717) is 0 Å². The van der Waals surface area contributed by atoms with Crippen LogP contribution in [0.1, 0.15) is 17.0 Å². The third-order valence-corrected chi connectivity index (χ3v) is 3.97. The number of hydrogen-bond donors (Lipinski definition) is 0. The fourth-order valence-electron chi connectivity index (χ4n) is 2.64. The van der Waals surface area contributed by atoms with Crippen molar-refractivity contribution in [2.45, 2.75) is 19.5 Å². The van der Waals surface area contributed by atoms with Crippen molar-refractivity contribution >= 4 is 0 Å². The monoisotopic (exact) mass is 306 g/mol. The van der Waals surface area contributed by atoms with Crippen LogP contribution >= 0.6 is 0 Å². The topological polar surface area (TPSA) is 34.0 Å². The van der Waals surface area contributed by atoms with Gasteiger partial charge in [0.05, 0.1) is 6.54 Å². The first-order valence-electron chi connectivity index (χ1n) is 7.92. The summed E-state index contributed by atoms with van der Waals surface area (Å²) in [5.41, 5.74) is 2.60. The van der Waals surface area contributed by atoms with Gasteiger partial charge in [-0.05, 0) is 23.6 Å². The Labute approximate surface area is 137 Å². The van der Waals surface area contributed by atoms with E-state index in [9.17, 15) is 0 Å². The fourth-order valence-corrected chi connectivity index (χ4v) is 2.64. The first kappa shape index (κ1) is 15.4. The summed E-state index contributed by atoms with van der Waals surface area (Å²) in [5.74, 6) is 1.09. The van der Waals surface area contributed by atoms with E-state index in [0.717, 1.165) is 31.9 Å². The van der Waals surface area contributed by atoms with Crippen molar-refractivity contribution in [2.75, 3.05) is 6.54 Å². The summed E-state index contributed by atoms with van der Waals surface area (Å²) in [5, 5.41) is 0. The highest BCUT2D eigenvalue weighted by Gasteiger charge is 2.10. The van der Waals surface area contributed by atoms with Gasteiger partial charge in [-0.1, -0.05) is 36.4 Å². The van der Waals surface area contributed by atoms with Crippen LogP contribution in [0.4, 0.5) is 0 Å². The summed E-state index contributed by atoms with van der Waals surface area (Å²) in [6.45, 7) is 2.71. The van der Waals surface area contributed by atoms with Gasteiger partial charge in [-0.2, -0.15) is 0 Å². The molecule has 2 heterocycles. The van der Waals surface area contributed by atoms with Gasteiger partial charge in [0.2, 0.25) is 0 Å². The van der Waals surface area contributed by atoms with E-state index in [1.54, 1.807) is 0 Å². The number of hydrogen-bond acceptors (Lipinski definition) is 3. The summed E-state index contributed by atoms with van der Waals surface area (Å²) < 4.78 is 2.08. The molecule has 0 saturated carbocycles. The Bertz CT molecular complexity index is 707. The summed E-state index contributed by atoms with van der Waals surface area (Å²) >= 11 is 0. The number of aromatic nitrogens is 3. The van der Waals surface area contributed by atoms with Gasteiger partial charge in [0.1, 0.15) is 5.82 Å². The van der Waals surface area contributed by atoms with Crippen molar-refractivity contribution < 1.29 is 0 Å². The van der Waals surface area contributed by atoms with Crippen molar-refractivity contribution in [3.05, 3.63) is 84.2 Å². The molecular formula is C19H22N4. The molecule has 0 bridgehead atoms. The molecule has 0 amide bonds. The normalized spacial score (nSPS) is 11.0. The minimum atomic E-state index is 0.839. The maximum absolute atomic E-state index is 4.46. The lowest BCUT2D eigenvalue weighted by atomic mass is 10.1. The Kier molecular flexibility index (Phi) is 5.17. The fraction of sp³-hybridized carbons (Fsp3) is 0.263. The molecule has 0 atom stereocenters. The average molecular weight is 306 g/mol. The average Bonchev–Trinajstić information content (AvgIpc) is 2.99. The number of aryl methyl sites for hydroxylation is 1. The Balaban J connectivity index is 1.69. The lowest BCUT2D eigenvalue weighted by Crippen LogP contribution is -2.26. The van der Waals surface area contributed by atoms with Gasteiger partial charge in [0.15, 0.2) is 0 Å². The maximum atomic E-state index is 4.46. The zero-order chi connectivity index (χ0) is 15.9.